The third-order valence-electron chi connectivity index (χ3n) is 4.92. The molecule has 0 radical (unpaired) electrons. The molecule has 132 valence electrons. The number of benzene rings is 1. The monoisotopic (exact) mass is 342 g/mol. The molecule has 0 bridgehead atoms. The molecule has 2 amide bonds. The molecule has 1 N–H and O–H groups in total. The Hall–Kier alpha value is -2.41. The Morgan fingerprint density at radius 3 is 3.04 bits per heavy atom. The minimum absolute atomic E-state index is 0.0214. The number of aromatic nitrogens is 1. The summed E-state index contributed by atoms with van der Waals surface area (Å²) in [5, 5.41) is 2.74. The van der Waals surface area contributed by atoms with E-state index in [-0.39, 0.29) is 24.3 Å². The number of piperidine rings is 1. The third-order valence-corrected chi connectivity index (χ3v) is 4.92. The van der Waals surface area contributed by atoms with Crippen LogP contribution in [-0.4, -0.2) is 65.9 Å². The maximum absolute atomic E-state index is 12.5. The molecule has 7 heteroatoms. The van der Waals surface area contributed by atoms with E-state index in [4.69, 9.17) is 4.42 Å². The minimum atomic E-state index is -0.0809. The van der Waals surface area contributed by atoms with Crippen molar-refractivity contribution in [2.45, 2.75) is 18.8 Å². The zero-order valence-electron chi connectivity index (χ0n) is 14.1. The van der Waals surface area contributed by atoms with Crippen LogP contribution in [0, 0.1) is 0 Å². The molecule has 0 aliphatic carbocycles. The van der Waals surface area contributed by atoms with E-state index in [0.717, 1.165) is 42.9 Å². The van der Waals surface area contributed by atoms with Crippen molar-refractivity contribution in [3.8, 4) is 0 Å². The van der Waals surface area contributed by atoms with Crippen LogP contribution in [-0.2, 0) is 9.59 Å². The Balaban J connectivity index is 1.40. The molecule has 1 aromatic heterocycles. The number of likely N-dealkylation sites (tertiary alicyclic amines) is 1. The van der Waals surface area contributed by atoms with Crippen LogP contribution in [0.5, 0.6) is 0 Å². The minimum Gasteiger partial charge on any atom is -0.440 e. The number of para-hydroxylation sites is 2. The summed E-state index contributed by atoms with van der Waals surface area (Å²) in [4.78, 5) is 32.3. The molecule has 25 heavy (non-hydrogen) atoms. The zero-order chi connectivity index (χ0) is 17.2. The average Bonchev–Trinajstić information content (AvgIpc) is 3.06. The van der Waals surface area contributed by atoms with E-state index in [1.807, 2.05) is 24.3 Å². The molecule has 2 saturated heterocycles. The summed E-state index contributed by atoms with van der Waals surface area (Å²) < 4.78 is 5.91. The van der Waals surface area contributed by atoms with Gasteiger partial charge in [0.15, 0.2) is 11.5 Å². The number of nitrogens with zero attached hydrogens (tertiary/aromatic N) is 3. The van der Waals surface area contributed by atoms with E-state index < -0.39 is 0 Å². The van der Waals surface area contributed by atoms with Gasteiger partial charge in [-0.3, -0.25) is 14.5 Å². The molecule has 2 aliphatic heterocycles. The molecule has 2 aromatic rings. The Labute approximate surface area is 146 Å². The maximum atomic E-state index is 12.5. The van der Waals surface area contributed by atoms with Crippen LogP contribution >= 0.6 is 0 Å². The normalized spacial score (nSPS) is 22.2. The first kappa shape index (κ1) is 16.1. The zero-order valence-corrected chi connectivity index (χ0v) is 14.1. The van der Waals surface area contributed by atoms with Crippen LogP contribution in [0.4, 0.5) is 0 Å². The van der Waals surface area contributed by atoms with Gasteiger partial charge in [-0.1, -0.05) is 12.1 Å². The number of carbonyl (C=O) groups is 2. The summed E-state index contributed by atoms with van der Waals surface area (Å²) >= 11 is 0. The molecule has 2 fully saturated rings. The van der Waals surface area contributed by atoms with E-state index in [9.17, 15) is 9.59 Å². The lowest BCUT2D eigenvalue weighted by atomic mass is 9.98. The summed E-state index contributed by atoms with van der Waals surface area (Å²) in [7, 11) is 0. The summed E-state index contributed by atoms with van der Waals surface area (Å²) in [5.41, 5.74) is 1.69. The van der Waals surface area contributed by atoms with Crippen molar-refractivity contribution >= 4 is 22.9 Å². The summed E-state index contributed by atoms with van der Waals surface area (Å²) in [5.74, 6) is 0.907. The number of piperazine rings is 1. The fourth-order valence-electron chi connectivity index (χ4n) is 3.61. The van der Waals surface area contributed by atoms with Crippen molar-refractivity contribution in [1.29, 1.82) is 0 Å². The molecule has 1 aromatic carbocycles. The lowest BCUT2D eigenvalue weighted by molar-refractivity contribution is -0.139. The van der Waals surface area contributed by atoms with Crippen LogP contribution in [0.25, 0.3) is 11.1 Å². The predicted molar refractivity (Wildman–Crippen MR) is 92.0 cm³/mol. The molecule has 0 saturated carbocycles. The van der Waals surface area contributed by atoms with Gasteiger partial charge in [0.25, 0.3) is 0 Å². The lowest BCUT2D eigenvalue weighted by Gasteiger charge is -2.33. The van der Waals surface area contributed by atoms with Gasteiger partial charge in [-0.15, -0.1) is 0 Å². The van der Waals surface area contributed by atoms with Crippen LogP contribution in [0.3, 0.4) is 0 Å². The standard InChI is InChI=1S/C18H22N4O3/c23-16-11-22(9-7-19-16)17(24)12-21-8-3-4-13(10-21)18-20-14-5-1-2-6-15(14)25-18/h1-2,5-6,13H,3-4,7-12H2,(H,19,23). The van der Waals surface area contributed by atoms with Gasteiger partial charge in [0.05, 0.1) is 13.1 Å². The number of nitrogens with one attached hydrogen (secondary N) is 1. The van der Waals surface area contributed by atoms with Crippen LogP contribution in [0.1, 0.15) is 24.7 Å². The molecule has 1 unspecified atom stereocenters. The highest BCUT2D eigenvalue weighted by molar-refractivity contribution is 5.86. The Morgan fingerprint density at radius 2 is 2.20 bits per heavy atom. The molecule has 0 spiro atoms. The van der Waals surface area contributed by atoms with Crippen molar-refractivity contribution in [1.82, 2.24) is 20.1 Å². The van der Waals surface area contributed by atoms with Gasteiger partial charge in [0.1, 0.15) is 5.52 Å². The van der Waals surface area contributed by atoms with E-state index >= 15 is 0 Å². The van der Waals surface area contributed by atoms with Gasteiger partial charge in [-0.05, 0) is 31.5 Å². The first-order valence-electron chi connectivity index (χ1n) is 8.81. The van der Waals surface area contributed by atoms with Gasteiger partial charge in [-0.2, -0.15) is 0 Å². The van der Waals surface area contributed by atoms with E-state index in [0.29, 0.717) is 19.6 Å². The quantitative estimate of drug-likeness (QED) is 0.899. The number of hydrogen-bond acceptors (Lipinski definition) is 5. The van der Waals surface area contributed by atoms with E-state index in [1.54, 1.807) is 4.90 Å². The SMILES string of the molecule is O=C1CN(C(=O)CN2CCCC(c3nc4ccccc4o3)C2)CCN1. The topological polar surface area (TPSA) is 78.7 Å². The molecule has 3 heterocycles. The second-order valence-electron chi connectivity index (χ2n) is 6.76. The second-order valence-corrected chi connectivity index (χ2v) is 6.76. The number of fused-ring (bicyclic) bond motifs is 1. The van der Waals surface area contributed by atoms with Gasteiger partial charge in [0.2, 0.25) is 11.8 Å². The third kappa shape index (κ3) is 3.51. The highest BCUT2D eigenvalue weighted by Crippen LogP contribution is 2.28. The van der Waals surface area contributed by atoms with Crippen molar-refractivity contribution in [2.24, 2.45) is 0 Å². The number of oxazole rings is 1. The molecular weight excluding hydrogens is 320 g/mol. The predicted octanol–water partition coefficient (Wildman–Crippen LogP) is 0.966. The Bertz CT molecular complexity index is 754. The smallest absolute Gasteiger partial charge is 0.239 e. The molecular formula is C18H22N4O3. The average molecular weight is 342 g/mol. The van der Waals surface area contributed by atoms with Crippen LogP contribution in [0.2, 0.25) is 0 Å². The molecule has 4 rings (SSSR count). The fourth-order valence-corrected chi connectivity index (χ4v) is 3.61. The second kappa shape index (κ2) is 6.84. The van der Waals surface area contributed by atoms with Crippen LogP contribution in [0.15, 0.2) is 28.7 Å². The fraction of sp³-hybridized carbons (Fsp3) is 0.500. The Morgan fingerprint density at radius 1 is 1.32 bits per heavy atom. The highest BCUT2D eigenvalue weighted by Gasteiger charge is 2.28. The van der Waals surface area contributed by atoms with Gasteiger partial charge in [0, 0.05) is 25.6 Å². The highest BCUT2D eigenvalue weighted by atomic mass is 16.3. The number of amides is 2. The summed E-state index contributed by atoms with van der Waals surface area (Å²) in [6.07, 6.45) is 2.03. The molecule has 1 atom stereocenters. The largest absolute Gasteiger partial charge is 0.440 e. The summed E-state index contributed by atoms with van der Waals surface area (Å²) in [6.45, 7) is 3.30. The number of rotatable bonds is 3. The summed E-state index contributed by atoms with van der Waals surface area (Å²) in [6, 6.07) is 7.78. The molecule has 7 nitrogen and oxygen atoms in total. The van der Waals surface area contributed by atoms with Crippen molar-refractivity contribution < 1.29 is 14.0 Å². The van der Waals surface area contributed by atoms with Crippen LogP contribution < -0.4 is 5.32 Å². The lowest BCUT2D eigenvalue weighted by Crippen LogP contribution is -2.53. The maximum Gasteiger partial charge on any atom is 0.239 e. The van der Waals surface area contributed by atoms with Crippen molar-refractivity contribution in [2.75, 3.05) is 39.3 Å². The van der Waals surface area contributed by atoms with Gasteiger partial charge in [-0.25, -0.2) is 4.98 Å². The van der Waals surface area contributed by atoms with Gasteiger partial charge >= 0.3 is 0 Å². The first-order valence-corrected chi connectivity index (χ1v) is 8.81. The van der Waals surface area contributed by atoms with Crippen molar-refractivity contribution in [3.05, 3.63) is 30.2 Å². The number of hydrogen-bond donors (Lipinski definition) is 1. The van der Waals surface area contributed by atoms with Gasteiger partial charge < -0.3 is 14.6 Å². The Kier molecular flexibility index (Phi) is 4.40. The first-order chi connectivity index (χ1) is 12.2. The number of carbonyl (C=O) groups excluding carboxylic acids is 2. The van der Waals surface area contributed by atoms with E-state index in [2.05, 4.69) is 15.2 Å². The van der Waals surface area contributed by atoms with E-state index in [1.165, 1.54) is 0 Å². The molecule has 2 aliphatic rings. The van der Waals surface area contributed by atoms with Crippen molar-refractivity contribution in [3.63, 3.8) is 0 Å².